The second kappa shape index (κ2) is 3.74. The first-order valence-electron chi connectivity index (χ1n) is 6.08. The maximum atomic E-state index is 9.65. The van der Waals surface area contributed by atoms with Crippen LogP contribution in [0.4, 0.5) is 0 Å². The molecule has 1 fully saturated rings. The van der Waals surface area contributed by atoms with Crippen LogP contribution >= 0.6 is 0 Å². The lowest BCUT2D eigenvalue weighted by Gasteiger charge is -2.41. The summed E-state index contributed by atoms with van der Waals surface area (Å²) in [5, 5.41) is 21.4. The summed E-state index contributed by atoms with van der Waals surface area (Å²) in [7, 11) is 0. The van der Waals surface area contributed by atoms with E-state index in [1.54, 1.807) is 12.1 Å². The standard InChI is InChI=1S/C15H16O2/c16-10-15(7-2-8-15)14-4-1-3-11-9-12(17)5-6-13(11)14/h1,3-6,9,16-17H,2,7-8,10H2. The van der Waals surface area contributed by atoms with Gasteiger partial charge in [0.05, 0.1) is 6.61 Å². The minimum atomic E-state index is -0.0452. The van der Waals surface area contributed by atoms with Gasteiger partial charge in [-0.25, -0.2) is 0 Å². The molecule has 0 aliphatic heterocycles. The van der Waals surface area contributed by atoms with E-state index >= 15 is 0 Å². The molecule has 0 radical (unpaired) electrons. The number of hydrogen-bond acceptors (Lipinski definition) is 2. The monoisotopic (exact) mass is 228 g/mol. The van der Waals surface area contributed by atoms with Gasteiger partial charge in [0.1, 0.15) is 5.75 Å². The first-order valence-corrected chi connectivity index (χ1v) is 6.08. The number of aliphatic hydroxyl groups is 1. The van der Waals surface area contributed by atoms with E-state index in [0.29, 0.717) is 5.75 Å². The molecule has 2 N–H and O–H groups in total. The second-order valence-corrected chi connectivity index (χ2v) is 5.00. The molecule has 1 saturated carbocycles. The third-order valence-corrected chi connectivity index (χ3v) is 4.05. The van der Waals surface area contributed by atoms with Crippen LogP contribution in [0.1, 0.15) is 24.8 Å². The van der Waals surface area contributed by atoms with Crippen LogP contribution in [-0.2, 0) is 5.41 Å². The molecule has 88 valence electrons. The topological polar surface area (TPSA) is 40.5 Å². The van der Waals surface area contributed by atoms with E-state index in [1.165, 1.54) is 12.0 Å². The lowest BCUT2D eigenvalue weighted by molar-refractivity contribution is 0.121. The number of benzene rings is 2. The molecule has 17 heavy (non-hydrogen) atoms. The number of aromatic hydroxyl groups is 1. The van der Waals surface area contributed by atoms with Crippen molar-refractivity contribution in [2.24, 2.45) is 0 Å². The molecule has 1 aliphatic rings. The van der Waals surface area contributed by atoms with Crippen molar-refractivity contribution in [3.05, 3.63) is 42.0 Å². The molecule has 2 aromatic rings. The Balaban J connectivity index is 2.23. The van der Waals surface area contributed by atoms with Crippen LogP contribution < -0.4 is 0 Å². The number of phenolic OH excluding ortho intramolecular Hbond substituents is 1. The van der Waals surface area contributed by atoms with Crippen LogP contribution in [0.15, 0.2) is 36.4 Å². The number of rotatable bonds is 2. The Hall–Kier alpha value is -1.54. The largest absolute Gasteiger partial charge is 0.508 e. The molecule has 2 heteroatoms. The molecular weight excluding hydrogens is 212 g/mol. The SMILES string of the molecule is OCC1(c2cccc3cc(O)ccc23)CCC1. The van der Waals surface area contributed by atoms with E-state index < -0.39 is 0 Å². The summed E-state index contributed by atoms with van der Waals surface area (Å²) in [6.07, 6.45) is 3.31. The molecule has 0 aromatic heterocycles. The Morgan fingerprint density at radius 2 is 1.94 bits per heavy atom. The maximum absolute atomic E-state index is 9.65. The average Bonchev–Trinajstić information content (AvgIpc) is 2.28. The van der Waals surface area contributed by atoms with Gasteiger partial charge < -0.3 is 10.2 Å². The van der Waals surface area contributed by atoms with Crippen molar-refractivity contribution in [1.29, 1.82) is 0 Å². The first-order chi connectivity index (χ1) is 8.25. The van der Waals surface area contributed by atoms with Crippen molar-refractivity contribution in [3.8, 4) is 5.75 Å². The van der Waals surface area contributed by atoms with Gasteiger partial charge in [0, 0.05) is 5.41 Å². The van der Waals surface area contributed by atoms with Crippen LogP contribution in [-0.4, -0.2) is 16.8 Å². The van der Waals surface area contributed by atoms with E-state index in [0.717, 1.165) is 23.6 Å². The lowest BCUT2D eigenvalue weighted by atomic mass is 9.64. The summed E-state index contributed by atoms with van der Waals surface area (Å²) in [6.45, 7) is 0.215. The smallest absolute Gasteiger partial charge is 0.116 e. The van der Waals surface area contributed by atoms with E-state index in [9.17, 15) is 10.2 Å². The van der Waals surface area contributed by atoms with Crippen molar-refractivity contribution in [1.82, 2.24) is 0 Å². The highest BCUT2D eigenvalue weighted by atomic mass is 16.3. The molecule has 0 amide bonds. The van der Waals surface area contributed by atoms with Crippen molar-refractivity contribution in [2.45, 2.75) is 24.7 Å². The van der Waals surface area contributed by atoms with Crippen LogP contribution in [0.3, 0.4) is 0 Å². The van der Waals surface area contributed by atoms with Crippen LogP contribution in [0, 0.1) is 0 Å². The first kappa shape index (κ1) is 10.6. The van der Waals surface area contributed by atoms with Gasteiger partial charge in [-0.3, -0.25) is 0 Å². The molecule has 0 bridgehead atoms. The minimum Gasteiger partial charge on any atom is -0.508 e. The van der Waals surface area contributed by atoms with Crippen molar-refractivity contribution in [3.63, 3.8) is 0 Å². The summed E-state index contributed by atoms with van der Waals surface area (Å²) < 4.78 is 0. The average molecular weight is 228 g/mol. The molecule has 0 saturated heterocycles. The fourth-order valence-corrected chi connectivity index (χ4v) is 2.85. The molecule has 0 spiro atoms. The Kier molecular flexibility index (Phi) is 2.33. The van der Waals surface area contributed by atoms with Gasteiger partial charge in [0.2, 0.25) is 0 Å². The highest BCUT2D eigenvalue weighted by molar-refractivity contribution is 5.88. The molecule has 0 unspecified atom stereocenters. The zero-order valence-electron chi connectivity index (χ0n) is 9.69. The van der Waals surface area contributed by atoms with E-state index in [1.807, 2.05) is 18.2 Å². The molecule has 0 atom stereocenters. The summed E-state index contributed by atoms with van der Waals surface area (Å²) in [5.41, 5.74) is 1.18. The third kappa shape index (κ3) is 1.52. The normalized spacial score (nSPS) is 17.9. The quantitative estimate of drug-likeness (QED) is 0.829. The molecule has 2 nitrogen and oxygen atoms in total. The van der Waals surface area contributed by atoms with Crippen LogP contribution in [0.25, 0.3) is 10.8 Å². The second-order valence-electron chi connectivity index (χ2n) is 5.00. The summed E-state index contributed by atoms with van der Waals surface area (Å²) >= 11 is 0. The zero-order chi connectivity index (χ0) is 11.9. The van der Waals surface area contributed by atoms with Crippen molar-refractivity contribution >= 4 is 10.8 Å². The minimum absolute atomic E-state index is 0.0452. The predicted molar refractivity (Wildman–Crippen MR) is 68.2 cm³/mol. The number of aliphatic hydroxyl groups excluding tert-OH is 1. The van der Waals surface area contributed by atoms with Gasteiger partial charge in [-0.1, -0.05) is 30.7 Å². The van der Waals surface area contributed by atoms with E-state index in [2.05, 4.69) is 6.07 Å². The van der Waals surface area contributed by atoms with Gasteiger partial charge in [-0.15, -0.1) is 0 Å². The molecule has 3 rings (SSSR count). The van der Waals surface area contributed by atoms with Gasteiger partial charge in [-0.05, 0) is 41.3 Å². The number of hydrogen-bond donors (Lipinski definition) is 2. The molecule has 2 aromatic carbocycles. The summed E-state index contributed by atoms with van der Waals surface area (Å²) in [6, 6.07) is 11.6. The number of fused-ring (bicyclic) bond motifs is 1. The van der Waals surface area contributed by atoms with E-state index in [4.69, 9.17) is 0 Å². The van der Waals surface area contributed by atoms with Crippen LogP contribution in [0.2, 0.25) is 0 Å². The Labute approximate surface area is 101 Å². The lowest BCUT2D eigenvalue weighted by Crippen LogP contribution is -2.38. The van der Waals surface area contributed by atoms with E-state index in [-0.39, 0.29) is 12.0 Å². The van der Waals surface area contributed by atoms with Gasteiger partial charge in [0.25, 0.3) is 0 Å². The van der Waals surface area contributed by atoms with Gasteiger partial charge in [0.15, 0.2) is 0 Å². The summed E-state index contributed by atoms with van der Waals surface area (Å²) in [4.78, 5) is 0. The zero-order valence-corrected chi connectivity index (χ0v) is 9.69. The molecular formula is C15H16O2. The molecule has 0 heterocycles. The van der Waals surface area contributed by atoms with Crippen LogP contribution in [0.5, 0.6) is 5.75 Å². The van der Waals surface area contributed by atoms with Crippen molar-refractivity contribution < 1.29 is 10.2 Å². The maximum Gasteiger partial charge on any atom is 0.116 e. The number of phenols is 1. The summed E-state index contributed by atoms with van der Waals surface area (Å²) in [5.74, 6) is 0.293. The fraction of sp³-hybridized carbons (Fsp3) is 0.333. The Morgan fingerprint density at radius 3 is 2.59 bits per heavy atom. The highest BCUT2D eigenvalue weighted by Gasteiger charge is 2.38. The Morgan fingerprint density at radius 1 is 1.12 bits per heavy atom. The fourth-order valence-electron chi connectivity index (χ4n) is 2.85. The highest BCUT2D eigenvalue weighted by Crippen LogP contribution is 2.45. The van der Waals surface area contributed by atoms with Crippen molar-refractivity contribution in [2.75, 3.05) is 6.61 Å². The van der Waals surface area contributed by atoms with Gasteiger partial charge in [-0.2, -0.15) is 0 Å². The molecule has 1 aliphatic carbocycles. The van der Waals surface area contributed by atoms with Gasteiger partial charge >= 0.3 is 0 Å². The Bertz CT molecular complexity index is 550. The third-order valence-electron chi connectivity index (χ3n) is 4.05. The predicted octanol–water partition coefficient (Wildman–Crippen LogP) is 2.96.